The summed E-state index contributed by atoms with van der Waals surface area (Å²) < 4.78 is 5.04. The molecule has 7 heteroatoms. The number of hydrogen-bond donors (Lipinski definition) is 2. The van der Waals surface area contributed by atoms with Gasteiger partial charge in [0, 0.05) is 6.54 Å². The van der Waals surface area contributed by atoms with Crippen LogP contribution in [0.3, 0.4) is 0 Å². The molecule has 0 unspecified atom stereocenters. The van der Waals surface area contributed by atoms with Crippen molar-refractivity contribution >= 4 is 17.9 Å². The Morgan fingerprint density at radius 1 is 1.22 bits per heavy atom. The maximum absolute atomic E-state index is 12.2. The number of amides is 3. The van der Waals surface area contributed by atoms with Gasteiger partial charge >= 0.3 is 6.09 Å². The van der Waals surface area contributed by atoms with Gasteiger partial charge in [-0.3, -0.25) is 14.5 Å². The van der Waals surface area contributed by atoms with Crippen molar-refractivity contribution in [2.45, 2.75) is 32.5 Å². The molecule has 1 aromatic rings. The monoisotopic (exact) mass is 320 g/mol. The Bertz CT molecular complexity index is 601. The number of carbonyl (C=O) groups excluding carboxylic acids is 3. The molecule has 3 amide bonds. The summed E-state index contributed by atoms with van der Waals surface area (Å²) in [6, 6.07) is 6.49. The van der Waals surface area contributed by atoms with Crippen LogP contribution in [-0.2, 0) is 4.74 Å². The summed E-state index contributed by atoms with van der Waals surface area (Å²) in [5, 5.41) is 12.4. The Labute approximate surface area is 134 Å². The third-order valence-electron chi connectivity index (χ3n) is 3.15. The number of imide groups is 1. The largest absolute Gasteiger partial charge is 0.444 e. The number of ether oxygens (including phenoxy) is 1. The number of rotatable bonds is 4. The van der Waals surface area contributed by atoms with Crippen molar-refractivity contribution < 1.29 is 24.2 Å². The first-order chi connectivity index (χ1) is 10.7. The number of fused-ring (bicyclic) bond motifs is 1. The molecule has 1 aliphatic rings. The topological polar surface area (TPSA) is 95.9 Å². The van der Waals surface area contributed by atoms with Gasteiger partial charge in [0.05, 0.1) is 23.8 Å². The fraction of sp³-hybridized carbons (Fsp3) is 0.438. The number of benzene rings is 1. The second-order valence-corrected chi connectivity index (χ2v) is 6.30. The summed E-state index contributed by atoms with van der Waals surface area (Å²) in [5.74, 6) is -0.885. The Balaban J connectivity index is 1.90. The highest BCUT2D eigenvalue weighted by atomic mass is 16.6. The van der Waals surface area contributed by atoms with Crippen LogP contribution in [0.1, 0.15) is 41.5 Å². The van der Waals surface area contributed by atoms with E-state index in [9.17, 15) is 19.5 Å². The molecule has 1 aromatic carbocycles. The molecular formula is C16H20N2O5. The van der Waals surface area contributed by atoms with E-state index >= 15 is 0 Å². The molecule has 2 rings (SSSR count). The number of carbonyl (C=O) groups is 3. The number of aliphatic hydroxyl groups excluding tert-OH is 1. The van der Waals surface area contributed by atoms with Crippen molar-refractivity contribution in [1.82, 2.24) is 10.2 Å². The lowest BCUT2D eigenvalue weighted by molar-refractivity contribution is 0.0450. The second kappa shape index (κ2) is 6.37. The molecule has 0 saturated heterocycles. The molecule has 2 N–H and O–H groups in total. The van der Waals surface area contributed by atoms with E-state index in [0.29, 0.717) is 11.1 Å². The van der Waals surface area contributed by atoms with Gasteiger partial charge in [-0.15, -0.1) is 0 Å². The van der Waals surface area contributed by atoms with E-state index in [1.807, 2.05) is 0 Å². The molecule has 7 nitrogen and oxygen atoms in total. The van der Waals surface area contributed by atoms with Gasteiger partial charge in [0.25, 0.3) is 11.8 Å². The third kappa shape index (κ3) is 4.07. The van der Waals surface area contributed by atoms with Gasteiger partial charge in [0.2, 0.25) is 0 Å². The summed E-state index contributed by atoms with van der Waals surface area (Å²) in [4.78, 5) is 36.8. The Morgan fingerprint density at radius 3 is 2.22 bits per heavy atom. The molecule has 0 aromatic heterocycles. The smallest absolute Gasteiger partial charge is 0.407 e. The van der Waals surface area contributed by atoms with Crippen LogP contribution >= 0.6 is 0 Å². The van der Waals surface area contributed by atoms with E-state index in [-0.39, 0.29) is 13.1 Å². The normalized spacial score (nSPS) is 15.4. The molecule has 0 saturated carbocycles. The molecule has 0 radical (unpaired) electrons. The van der Waals surface area contributed by atoms with Gasteiger partial charge < -0.3 is 15.2 Å². The molecule has 1 aliphatic heterocycles. The quantitative estimate of drug-likeness (QED) is 0.812. The lowest BCUT2D eigenvalue weighted by atomic mass is 10.1. The minimum absolute atomic E-state index is 0.123. The Hall–Kier alpha value is -2.41. The molecular weight excluding hydrogens is 300 g/mol. The zero-order valence-electron chi connectivity index (χ0n) is 13.3. The zero-order chi connectivity index (χ0) is 17.2. The van der Waals surface area contributed by atoms with E-state index in [1.165, 1.54) is 0 Å². The number of nitrogens with zero attached hydrogens (tertiary/aromatic N) is 1. The van der Waals surface area contributed by atoms with E-state index < -0.39 is 29.6 Å². The number of hydrogen-bond acceptors (Lipinski definition) is 5. The van der Waals surface area contributed by atoms with Gasteiger partial charge in [-0.2, -0.15) is 0 Å². The third-order valence-corrected chi connectivity index (χ3v) is 3.15. The molecule has 0 spiro atoms. The molecule has 0 bridgehead atoms. The average Bonchev–Trinajstić information content (AvgIpc) is 2.69. The van der Waals surface area contributed by atoms with Gasteiger partial charge in [0.1, 0.15) is 5.60 Å². The first-order valence-electron chi connectivity index (χ1n) is 7.29. The maximum atomic E-state index is 12.2. The molecule has 0 aliphatic carbocycles. The SMILES string of the molecule is CC(C)(C)OC(=O)NC[C@H](O)CN1C(=O)c2ccccc2C1=O. The Kier molecular flexibility index (Phi) is 4.70. The second-order valence-electron chi connectivity index (χ2n) is 6.30. The average molecular weight is 320 g/mol. The van der Waals surface area contributed by atoms with Crippen LogP contribution in [-0.4, -0.2) is 52.7 Å². The standard InChI is InChI=1S/C16H20N2O5/c1-16(2,3)23-15(22)17-8-10(19)9-18-13(20)11-6-4-5-7-12(11)14(18)21/h4-7,10,19H,8-9H2,1-3H3,(H,17,22)/t10-/m0/s1. The summed E-state index contributed by atoms with van der Waals surface area (Å²) in [6.45, 7) is 4.86. The number of aliphatic hydroxyl groups is 1. The summed E-state index contributed by atoms with van der Waals surface area (Å²) in [5.41, 5.74) is 0.00648. The van der Waals surface area contributed by atoms with Crippen molar-refractivity contribution in [3.63, 3.8) is 0 Å². The molecule has 1 atom stereocenters. The summed E-state index contributed by atoms with van der Waals surface area (Å²) in [7, 11) is 0. The summed E-state index contributed by atoms with van der Waals surface area (Å²) in [6.07, 6.45) is -1.75. The highest BCUT2D eigenvalue weighted by Crippen LogP contribution is 2.22. The highest BCUT2D eigenvalue weighted by Gasteiger charge is 2.36. The minimum atomic E-state index is -1.08. The predicted octanol–water partition coefficient (Wildman–Crippen LogP) is 1.17. The molecule has 1 heterocycles. The van der Waals surface area contributed by atoms with Gasteiger partial charge in [0.15, 0.2) is 0 Å². The maximum Gasteiger partial charge on any atom is 0.407 e. The van der Waals surface area contributed by atoms with Crippen LogP contribution < -0.4 is 5.32 Å². The first kappa shape index (κ1) is 17.0. The minimum Gasteiger partial charge on any atom is -0.444 e. The van der Waals surface area contributed by atoms with Crippen LogP contribution in [0.4, 0.5) is 4.79 Å². The van der Waals surface area contributed by atoms with Crippen LogP contribution in [0.15, 0.2) is 24.3 Å². The van der Waals surface area contributed by atoms with Gasteiger partial charge in [-0.05, 0) is 32.9 Å². The van der Waals surface area contributed by atoms with E-state index in [2.05, 4.69) is 5.32 Å². The van der Waals surface area contributed by atoms with Crippen molar-refractivity contribution in [2.75, 3.05) is 13.1 Å². The van der Waals surface area contributed by atoms with Crippen molar-refractivity contribution in [3.8, 4) is 0 Å². The van der Waals surface area contributed by atoms with E-state index in [1.54, 1.807) is 45.0 Å². The first-order valence-corrected chi connectivity index (χ1v) is 7.29. The molecule has 124 valence electrons. The van der Waals surface area contributed by atoms with E-state index in [0.717, 1.165) is 4.90 Å². The van der Waals surface area contributed by atoms with Gasteiger partial charge in [-0.1, -0.05) is 12.1 Å². The number of alkyl carbamates (subject to hydrolysis) is 1. The highest BCUT2D eigenvalue weighted by molar-refractivity contribution is 6.21. The van der Waals surface area contributed by atoms with Gasteiger partial charge in [-0.25, -0.2) is 4.79 Å². The number of β-amino-alcohol motifs (C(OH)–C–C–N with tert-alkyl or cyclic N) is 1. The lowest BCUT2D eigenvalue weighted by Crippen LogP contribution is -2.43. The van der Waals surface area contributed by atoms with Crippen molar-refractivity contribution in [2.24, 2.45) is 0 Å². The van der Waals surface area contributed by atoms with Crippen LogP contribution in [0.25, 0.3) is 0 Å². The number of nitrogens with one attached hydrogen (secondary N) is 1. The van der Waals surface area contributed by atoms with E-state index in [4.69, 9.17) is 4.74 Å². The van der Waals surface area contributed by atoms with Crippen LogP contribution in [0.5, 0.6) is 0 Å². The predicted molar refractivity (Wildman–Crippen MR) is 82.1 cm³/mol. The Morgan fingerprint density at radius 2 is 1.74 bits per heavy atom. The van der Waals surface area contributed by atoms with Crippen molar-refractivity contribution in [1.29, 1.82) is 0 Å². The van der Waals surface area contributed by atoms with Crippen molar-refractivity contribution in [3.05, 3.63) is 35.4 Å². The van der Waals surface area contributed by atoms with Crippen LogP contribution in [0, 0.1) is 0 Å². The fourth-order valence-electron chi connectivity index (χ4n) is 2.20. The lowest BCUT2D eigenvalue weighted by Gasteiger charge is -2.22. The van der Waals surface area contributed by atoms with Crippen LogP contribution in [0.2, 0.25) is 0 Å². The zero-order valence-corrected chi connectivity index (χ0v) is 13.3. The molecule has 23 heavy (non-hydrogen) atoms. The fourth-order valence-corrected chi connectivity index (χ4v) is 2.20. The molecule has 0 fully saturated rings. The summed E-state index contributed by atoms with van der Waals surface area (Å²) >= 11 is 0.